The number of hydrogen-bond acceptors (Lipinski definition) is 8. The molecule has 0 aliphatic heterocycles. The molecule has 0 saturated heterocycles. The van der Waals surface area contributed by atoms with Crippen LogP contribution in [0, 0.1) is 0 Å². The SMILES string of the molecule is O=C([O-])CCCCCCCCC(=O)c1ccccc1O.O=C([O-])CCCCCCCCCCC(=O)c1ccccc1O.[Na+].[Na+]. The summed E-state index contributed by atoms with van der Waals surface area (Å²) < 4.78 is 0. The van der Waals surface area contributed by atoms with Crippen molar-refractivity contribution in [3.63, 3.8) is 0 Å². The predicted octanol–water partition coefficient (Wildman–Crippen LogP) is -0.321. The maximum atomic E-state index is 11.9. The van der Waals surface area contributed by atoms with Gasteiger partial charge in [-0.25, -0.2) is 0 Å². The van der Waals surface area contributed by atoms with Crippen molar-refractivity contribution in [3.8, 4) is 11.5 Å². The van der Waals surface area contributed by atoms with Crippen LogP contribution in [0.4, 0.5) is 0 Å². The zero-order valence-corrected chi connectivity index (χ0v) is 30.7. The second-order valence-corrected chi connectivity index (χ2v) is 10.6. The van der Waals surface area contributed by atoms with Crippen molar-refractivity contribution in [2.45, 2.75) is 116 Å². The van der Waals surface area contributed by atoms with E-state index in [2.05, 4.69) is 0 Å². The molecule has 2 rings (SSSR count). The van der Waals surface area contributed by atoms with Gasteiger partial charge in [0.1, 0.15) is 11.5 Å². The number of carbonyl (C=O) groups is 4. The fourth-order valence-corrected chi connectivity index (χ4v) is 4.57. The number of carboxylic acids is 2. The van der Waals surface area contributed by atoms with Crippen LogP contribution >= 0.6 is 0 Å². The van der Waals surface area contributed by atoms with Crippen LogP contribution in [-0.2, 0) is 9.59 Å². The van der Waals surface area contributed by atoms with Crippen molar-refractivity contribution < 1.29 is 98.7 Å². The fourth-order valence-electron chi connectivity index (χ4n) is 4.57. The van der Waals surface area contributed by atoms with Gasteiger partial charge in [-0.05, 0) is 62.8 Å². The number of benzene rings is 2. The number of carbonyl (C=O) groups excluding carboxylic acids is 4. The van der Waals surface area contributed by atoms with Gasteiger partial charge in [-0.3, -0.25) is 9.59 Å². The van der Waals surface area contributed by atoms with E-state index in [0.717, 1.165) is 77.0 Å². The molecule has 0 aromatic heterocycles. The number of aliphatic carboxylic acids is 2. The number of rotatable bonds is 22. The van der Waals surface area contributed by atoms with Gasteiger partial charge in [-0.1, -0.05) is 88.5 Å². The van der Waals surface area contributed by atoms with E-state index >= 15 is 0 Å². The molecule has 2 aromatic carbocycles. The normalized spacial score (nSPS) is 10.0. The monoisotopic (exact) mass is 628 g/mol. The Labute approximate surface area is 306 Å². The Kier molecular flexibility index (Phi) is 29.1. The maximum Gasteiger partial charge on any atom is 1.00 e. The number of ketones is 2. The van der Waals surface area contributed by atoms with E-state index in [9.17, 15) is 39.6 Å². The molecule has 0 saturated carbocycles. The smallest absolute Gasteiger partial charge is 0.550 e. The number of carboxylic acid groups (broad SMARTS) is 2. The molecular weight excluding hydrogens is 582 g/mol. The van der Waals surface area contributed by atoms with Gasteiger partial charge in [0.2, 0.25) is 0 Å². The molecule has 2 aromatic rings. The fraction of sp³-hybridized carbons (Fsp3) is 0.529. The quantitative estimate of drug-likeness (QED) is 0.102. The van der Waals surface area contributed by atoms with Crippen molar-refractivity contribution >= 4 is 23.5 Å². The number of phenolic OH excluding ortho intramolecular Hbond substituents is 2. The van der Waals surface area contributed by atoms with Gasteiger partial charge in [0.15, 0.2) is 11.6 Å². The first-order chi connectivity index (χ1) is 20.2. The molecule has 0 aliphatic carbocycles. The predicted molar refractivity (Wildman–Crippen MR) is 158 cm³/mol. The van der Waals surface area contributed by atoms with Crippen molar-refractivity contribution in [2.75, 3.05) is 0 Å². The summed E-state index contributed by atoms with van der Waals surface area (Å²) in [5.41, 5.74) is 0.803. The van der Waals surface area contributed by atoms with Gasteiger partial charge in [-0.15, -0.1) is 0 Å². The number of unbranched alkanes of at least 4 members (excludes halogenated alkanes) is 12. The zero-order chi connectivity index (χ0) is 31.0. The van der Waals surface area contributed by atoms with Crippen LogP contribution in [0.2, 0.25) is 0 Å². The van der Waals surface area contributed by atoms with Crippen molar-refractivity contribution in [3.05, 3.63) is 59.7 Å². The van der Waals surface area contributed by atoms with Gasteiger partial charge in [0, 0.05) is 24.8 Å². The van der Waals surface area contributed by atoms with E-state index in [1.54, 1.807) is 36.4 Å². The summed E-state index contributed by atoms with van der Waals surface area (Å²) in [6, 6.07) is 13.2. The summed E-state index contributed by atoms with van der Waals surface area (Å²) in [6.45, 7) is 0. The van der Waals surface area contributed by atoms with Crippen molar-refractivity contribution in [1.29, 1.82) is 0 Å². The summed E-state index contributed by atoms with van der Waals surface area (Å²) in [7, 11) is 0. The summed E-state index contributed by atoms with van der Waals surface area (Å²) in [5, 5.41) is 39.6. The summed E-state index contributed by atoms with van der Waals surface area (Å²) in [5.74, 6) is -1.88. The number of aromatic hydroxyl groups is 2. The average Bonchev–Trinajstić information content (AvgIpc) is 2.95. The first kappa shape index (κ1) is 44.4. The molecule has 0 unspecified atom stereocenters. The van der Waals surface area contributed by atoms with E-state index in [-0.39, 0.29) is 95.0 Å². The van der Waals surface area contributed by atoms with E-state index in [4.69, 9.17) is 0 Å². The maximum absolute atomic E-state index is 11.9. The summed E-state index contributed by atoms with van der Waals surface area (Å²) in [6.07, 6.45) is 14.4. The number of para-hydroxylation sites is 2. The average molecular weight is 629 g/mol. The third kappa shape index (κ3) is 22.8. The van der Waals surface area contributed by atoms with E-state index in [1.807, 2.05) is 0 Å². The van der Waals surface area contributed by atoms with Gasteiger partial charge < -0.3 is 30.0 Å². The van der Waals surface area contributed by atoms with Crippen LogP contribution in [0.3, 0.4) is 0 Å². The molecule has 8 nitrogen and oxygen atoms in total. The largest absolute Gasteiger partial charge is 1.00 e. The Balaban J connectivity index is 0. The molecule has 0 bridgehead atoms. The Morgan fingerprint density at radius 2 is 0.682 bits per heavy atom. The number of phenols is 2. The van der Waals surface area contributed by atoms with Gasteiger partial charge >= 0.3 is 59.1 Å². The molecule has 2 N–H and O–H groups in total. The molecular formula is C34H46Na2O8. The number of Topliss-reactive ketones (excluding diaryl/α,β-unsaturated/α-hetero) is 2. The van der Waals surface area contributed by atoms with Gasteiger partial charge in [0.05, 0.1) is 11.1 Å². The molecule has 232 valence electrons. The molecule has 0 atom stereocenters. The van der Waals surface area contributed by atoms with Crippen LogP contribution in [0.25, 0.3) is 0 Å². The minimum Gasteiger partial charge on any atom is -0.550 e. The Morgan fingerprint density at radius 1 is 0.432 bits per heavy atom. The van der Waals surface area contributed by atoms with Crippen LogP contribution in [0.1, 0.15) is 136 Å². The zero-order valence-electron chi connectivity index (χ0n) is 26.7. The molecule has 0 heterocycles. The summed E-state index contributed by atoms with van der Waals surface area (Å²) >= 11 is 0. The molecule has 0 spiro atoms. The molecule has 0 radical (unpaired) electrons. The van der Waals surface area contributed by atoms with Gasteiger partial charge in [-0.2, -0.15) is 0 Å². The molecule has 10 heteroatoms. The number of hydrogen-bond donors (Lipinski definition) is 2. The Hall–Kier alpha value is -1.68. The van der Waals surface area contributed by atoms with Gasteiger partial charge in [0.25, 0.3) is 0 Å². The molecule has 44 heavy (non-hydrogen) atoms. The Bertz CT molecular complexity index is 1090. The van der Waals surface area contributed by atoms with Crippen molar-refractivity contribution in [1.82, 2.24) is 0 Å². The van der Waals surface area contributed by atoms with Crippen LogP contribution in [0.5, 0.6) is 11.5 Å². The first-order valence-corrected chi connectivity index (χ1v) is 15.2. The van der Waals surface area contributed by atoms with Crippen molar-refractivity contribution in [2.24, 2.45) is 0 Å². The third-order valence-electron chi connectivity index (χ3n) is 6.98. The standard InChI is InChI=1S/C18H26O4.C16H22O4.2Na/c19-16(15-11-9-10-13-17(15)20)12-7-5-3-1-2-4-6-8-14-18(21)22;17-14(13-9-7-8-11-15(13)18)10-5-3-1-2-4-6-12-16(19)20;;/h9-11,13,20H,1-8,12,14H2,(H,21,22);7-9,11,18H,1-6,10,12H2,(H,19,20);;/q;;2*+1/p-2. The van der Waals surface area contributed by atoms with E-state index in [0.29, 0.717) is 36.8 Å². The third-order valence-corrected chi connectivity index (χ3v) is 6.98. The minimum absolute atomic E-state index is 0. The molecule has 0 fully saturated rings. The van der Waals surface area contributed by atoms with Crippen LogP contribution < -0.4 is 69.3 Å². The summed E-state index contributed by atoms with van der Waals surface area (Å²) in [4.78, 5) is 44.2. The Morgan fingerprint density at radius 3 is 0.955 bits per heavy atom. The van der Waals surface area contributed by atoms with E-state index in [1.165, 1.54) is 12.1 Å². The molecule has 0 aliphatic rings. The first-order valence-electron chi connectivity index (χ1n) is 15.2. The minimum atomic E-state index is -0.988. The topological polar surface area (TPSA) is 155 Å². The van der Waals surface area contributed by atoms with E-state index < -0.39 is 11.9 Å². The van der Waals surface area contributed by atoms with Crippen LogP contribution in [0.15, 0.2) is 48.5 Å². The second-order valence-electron chi connectivity index (χ2n) is 10.6. The van der Waals surface area contributed by atoms with Crippen LogP contribution in [-0.4, -0.2) is 33.7 Å². The second kappa shape index (κ2) is 28.8. The molecule has 0 amide bonds.